The van der Waals surface area contributed by atoms with Gasteiger partial charge in [-0.3, -0.25) is 10.1 Å². The molecule has 1 aromatic carbocycles. The Morgan fingerprint density at radius 3 is 2.53 bits per heavy atom. The predicted molar refractivity (Wildman–Crippen MR) is 55.8 cm³/mol. The van der Waals surface area contributed by atoms with E-state index in [1.165, 1.54) is 12.1 Å². The van der Waals surface area contributed by atoms with E-state index in [9.17, 15) is 4.79 Å². The number of benzene rings is 1. The second kappa shape index (κ2) is 3.45. The van der Waals surface area contributed by atoms with Crippen LogP contribution in [0.4, 0.5) is 0 Å². The summed E-state index contributed by atoms with van der Waals surface area (Å²) in [5.41, 5.74) is 6.37. The van der Waals surface area contributed by atoms with Gasteiger partial charge in [-0.1, -0.05) is 12.1 Å². The largest absolute Gasteiger partial charge is 0.508 e. The third kappa shape index (κ3) is 1.96. The number of aromatic hydroxyl groups is 1. The molecule has 1 aromatic rings. The van der Waals surface area contributed by atoms with Gasteiger partial charge in [0.1, 0.15) is 11.4 Å². The molecule has 1 aliphatic rings. The highest BCUT2D eigenvalue weighted by Gasteiger charge is 2.16. The fourth-order valence-electron chi connectivity index (χ4n) is 1.22. The van der Waals surface area contributed by atoms with Crippen LogP contribution < -0.4 is 11.1 Å². The van der Waals surface area contributed by atoms with Gasteiger partial charge in [0.25, 0.3) is 5.91 Å². The standard InChI is InChI=1S/C10H9N3O2/c11-10-12-8(9(15)13-10)5-6-1-3-7(14)4-2-6/h1-5,14H,(H3,11,12,13,15). The van der Waals surface area contributed by atoms with Crippen molar-refractivity contribution in [2.45, 2.75) is 0 Å². The molecule has 1 heterocycles. The zero-order chi connectivity index (χ0) is 10.8. The van der Waals surface area contributed by atoms with Crippen LogP contribution >= 0.6 is 0 Å². The first-order valence-electron chi connectivity index (χ1n) is 4.31. The van der Waals surface area contributed by atoms with Crippen LogP contribution in [0, 0.1) is 0 Å². The van der Waals surface area contributed by atoms with Crippen molar-refractivity contribution < 1.29 is 9.90 Å². The number of phenolic OH excluding ortho intramolecular Hbond substituents is 1. The molecule has 5 nitrogen and oxygen atoms in total. The van der Waals surface area contributed by atoms with E-state index in [0.29, 0.717) is 0 Å². The number of nitrogens with zero attached hydrogens (tertiary/aromatic N) is 1. The Kier molecular flexibility index (Phi) is 2.13. The number of carbonyl (C=O) groups is 1. The van der Waals surface area contributed by atoms with Crippen LogP contribution in [0.1, 0.15) is 5.56 Å². The summed E-state index contributed by atoms with van der Waals surface area (Å²) in [5.74, 6) is -0.0401. The SMILES string of the molecule is NC1=NC(=Cc2ccc(O)cc2)C(=O)N1. The number of amides is 1. The number of rotatable bonds is 1. The molecule has 0 spiro atoms. The van der Waals surface area contributed by atoms with E-state index < -0.39 is 0 Å². The average molecular weight is 203 g/mol. The van der Waals surface area contributed by atoms with Crippen molar-refractivity contribution in [3.05, 3.63) is 35.5 Å². The van der Waals surface area contributed by atoms with Gasteiger partial charge in [0, 0.05) is 0 Å². The first-order chi connectivity index (χ1) is 7.15. The van der Waals surface area contributed by atoms with Gasteiger partial charge in [-0.15, -0.1) is 0 Å². The molecule has 0 radical (unpaired) electrons. The summed E-state index contributed by atoms with van der Waals surface area (Å²) in [6, 6.07) is 6.43. The molecule has 0 atom stereocenters. The minimum Gasteiger partial charge on any atom is -0.508 e. The molecule has 0 saturated carbocycles. The number of guanidine groups is 1. The van der Waals surface area contributed by atoms with Crippen LogP contribution in [-0.2, 0) is 4.79 Å². The van der Waals surface area contributed by atoms with Crippen LogP contribution in [0.2, 0.25) is 0 Å². The lowest BCUT2D eigenvalue weighted by molar-refractivity contribution is -0.115. The molecule has 76 valence electrons. The summed E-state index contributed by atoms with van der Waals surface area (Å²) < 4.78 is 0. The molecular weight excluding hydrogens is 194 g/mol. The monoisotopic (exact) mass is 203 g/mol. The fourth-order valence-corrected chi connectivity index (χ4v) is 1.22. The zero-order valence-corrected chi connectivity index (χ0v) is 7.77. The van der Waals surface area contributed by atoms with Crippen molar-refractivity contribution >= 4 is 17.9 Å². The van der Waals surface area contributed by atoms with Crippen LogP contribution in [0.25, 0.3) is 6.08 Å². The molecule has 0 unspecified atom stereocenters. The van der Waals surface area contributed by atoms with E-state index >= 15 is 0 Å². The van der Waals surface area contributed by atoms with Crippen molar-refractivity contribution in [3.8, 4) is 5.75 Å². The Bertz CT molecular complexity index is 460. The Morgan fingerprint density at radius 2 is 2.00 bits per heavy atom. The molecule has 0 saturated heterocycles. The number of nitrogens with two attached hydrogens (primary N) is 1. The summed E-state index contributed by atoms with van der Waals surface area (Å²) in [7, 11) is 0. The topological polar surface area (TPSA) is 87.7 Å². The summed E-state index contributed by atoms with van der Waals surface area (Å²) in [6.07, 6.45) is 1.59. The summed E-state index contributed by atoms with van der Waals surface area (Å²) in [5, 5.41) is 11.4. The molecule has 2 rings (SSSR count). The van der Waals surface area contributed by atoms with Gasteiger partial charge < -0.3 is 10.8 Å². The molecule has 0 fully saturated rings. The maximum atomic E-state index is 11.2. The number of nitrogens with one attached hydrogen (secondary N) is 1. The Labute approximate surface area is 85.9 Å². The first-order valence-corrected chi connectivity index (χ1v) is 4.31. The zero-order valence-electron chi connectivity index (χ0n) is 7.77. The molecule has 5 heteroatoms. The van der Waals surface area contributed by atoms with Crippen molar-refractivity contribution in [3.63, 3.8) is 0 Å². The highest BCUT2D eigenvalue weighted by molar-refractivity contribution is 6.13. The van der Waals surface area contributed by atoms with Crippen LogP contribution in [0.5, 0.6) is 5.75 Å². The lowest BCUT2D eigenvalue weighted by atomic mass is 10.2. The normalized spacial score (nSPS) is 17.7. The van der Waals surface area contributed by atoms with Crippen LogP contribution in [0.15, 0.2) is 35.0 Å². The highest BCUT2D eigenvalue weighted by atomic mass is 16.3. The maximum absolute atomic E-state index is 11.2. The molecule has 4 N–H and O–H groups in total. The Morgan fingerprint density at radius 1 is 1.33 bits per heavy atom. The molecule has 0 aromatic heterocycles. The number of aliphatic imine (C=N–C) groups is 1. The summed E-state index contributed by atoms with van der Waals surface area (Å²) in [4.78, 5) is 15.1. The van der Waals surface area contributed by atoms with E-state index in [-0.39, 0.29) is 23.3 Å². The second-order valence-corrected chi connectivity index (χ2v) is 3.07. The fraction of sp³-hybridized carbons (Fsp3) is 0. The minimum absolute atomic E-state index is 0.102. The van der Waals surface area contributed by atoms with Crippen LogP contribution in [0.3, 0.4) is 0 Å². The third-order valence-electron chi connectivity index (χ3n) is 1.91. The van der Waals surface area contributed by atoms with E-state index in [4.69, 9.17) is 10.8 Å². The average Bonchev–Trinajstić information content (AvgIpc) is 2.49. The molecule has 0 aliphatic carbocycles. The van der Waals surface area contributed by atoms with Gasteiger partial charge >= 0.3 is 0 Å². The van der Waals surface area contributed by atoms with E-state index in [0.717, 1.165) is 5.56 Å². The highest BCUT2D eigenvalue weighted by Crippen LogP contribution is 2.14. The summed E-state index contributed by atoms with van der Waals surface area (Å²) >= 11 is 0. The quantitative estimate of drug-likeness (QED) is 0.569. The first kappa shape index (κ1) is 9.26. The summed E-state index contributed by atoms with van der Waals surface area (Å²) in [6.45, 7) is 0. The Balaban J connectivity index is 2.31. The van der Waals surface area contributed by atoms with Gasteiger partial charge in [-0.2, -0.15) is 0 Å². The van der Waals surface area contributed by atoms with Crippen molar-refractivity contribution in [2.75, 3.05) is 0 Å². The van der Waals surface area contributed by atoms with Crippen molar-refractivity contribution in [2.24, 2.45) is 10.7 Å². The van der Waals surface area contributed by atoms with Gasteiger partial charge in [-0.25, -0.2) is 4.99 Å². The number of phenols is 1. The van der Waals surface area contributed by atoms with E-state index in [2.05, 4.69) is 10.3 Å². The van der Waals surface area contributed by atoms with E-state index in [1.54, 1.807) is 18.2 Å². The Hall–Kier alpha value is -2.30. The number of hydrogen-bond acceptors (Lipinski definition) is 4. The van der Waals surface area contributed by atoms with Gasteiger partial charge in [-0.05, 0) is 23.8 Å². The molecule has 1 aliphatic heterocycles. The molecule has 15 heavy (non-hydrogen) atoms. The third-order valence-corrected chi connectivity index (χ3v) is 1.91. The predicted octanol–water partition coefficient (Wildman–Crippen LogP) is 0.178. The van der Waals surface area contributed by atoms with E-state index in [1.807, 2.05) is 0 Å². The number of carbonyl (C=O) groups excluding carboxylic acids is 1. The smallest absolute Gasteiger partial charge is 0.276 e. The molecule has 0 bridgehead atoms. The number of hydrogen-bond donors (Lipinski definition) is 3. The maximum Gasteiger partial charge on any atom is 0.276 e. The van der Waals surface area contributed by atoms with Crippen LogP contribution in [-0.4, -0.2) is 17.0 Å². The van der Waals surface area contributed by atoms with Gasteiger partial charge in [0.05, 0.1) is 0 Å². The lowest BCUT2D eigenvalue weighted by Crippen LogP contribution is -2.30. The molecule has 1 amide bonds. The van der Waals surface area contributed by atoms with Gasteiger partial charge in [0.2, 0.25) is 5.96 Å². The minimum atomic E-state index is -0.319. The second-order valence-electron chi connectivity index (χ2n) is 3.07. The van der Waals surface area contributed by atoms with Crippen molar-refractivity contribution in [1.82, 2.24) is 5.32 Å². The lowest BCUT2D eigenvalue weighted by Gasteiger charge is -1.94. The van der Waals surface area contributed by atoms with Crippen molar-refractivity contribution in [1.29, 1.82) is 0 Å². The van der Waals surface area contributed by atoms with Gasteiger partial charge in [0.15, 0.2) is 0 Å². The molecular formula is C10H9N3O2.